The van der Waals surface area contributed by atoms with Crippen molar-refractivity contribution in [1.82, 2.24) is 30.0 Å². The molecule has 0 saturated carbocycles. The van der Waals surface area contributed by atoms with Crippen LogP contribution in [0.25, 0.3) is 5.69 Å². The molecule has 0 amide bonds. The summed E-state index contributed by atoms with van der Waals surface area (Å²) in [4.78, 5) is 12.2. The monoisotopic (exact) mass is 382 g/mol. The number of rotatable bonds is 6. The number of nitrogens with one attached hydrogen (secondary N) is 1. The van der Waals surface area contributed by atoms with Crippen LogP contribution in [0.1, 0.15) is 37.1 Å². The molecule has 0 aliphatic heterocycles. The number of ether oxygens (including phenoxy) is 1. The van der Waals surface area contributed by atoms with Crippen molar-refractivity contribution in [3.05, 3.63) is 57.8 Å². The van der Waals surface area contributed by atoms with Crippen LogP contribution in [0.4, 0.5) is 0 Å². The highest BCUT2D eigenvalue weighted by Gasteiger charge is 2.14. The second-order valence-corrected chi connectivity index (χ2v) is 6.15. The molecule has 0 atom stereocenters. The maximum atomic E-state index is 12.2. The molecular weight excluding hydrogens is 360 g/mol. The lowest BCUT2D eigenvalue weighted by molar-refractivity contribution is 0.282. The summed E-state index contributed by atoms with van der Waals surface area (Å²) in [5.74, 6) is 0.482. The van der Waals surface area contributed by atoms with Crippen LogP contribution in [-0.4, -0.2) is 41.6 Å². The van der Waals surface area contributed by atoms with Gasteiger partial charge in [-0.25, -0.2) is 4.79 Å². The van der Waals surface area contributed by atoms with E-state index in [1.807, 2.05) is 45.0 Å². The fourth-order valence-electron chi connectivity index (χ4n) is 2.54. The highest BCUT2D eigenvalue weighted by Crippen LogP contribution is 2.18. The SMILES string of the molecule is CC/C(=N\N=C(C)c1cc[nH]n1)OCc1c(C)cccc1-n1nnn(C)c1=O. The number of hydrogen-bond donors (Lipinski definition) is 1. The Labute approximate surface area is 161 Å². The molecular formula is C18H22N8O2. The third-order valence-corrected chi connectivity index (χ3v) is 4.20. The quantitative estimate of drug-likeness (QED) is 0.396. The van der Waals surface area contributed by atoms with Crippen molar-refractivity contribution in [2.45, 2.75) is 33.8 Å². The van der Waals surface area contributed by atoms with Gasteiger partial charge in [-0.05, 0) is 42.0 Å². The number of benzene rings is 1. The summed E-state index contributed by atoms with van der Waals surface area (Å²) < 4.78 is 8.32. The summed E-state index contributed by atoms with van der Waals surface area (Å²) in [6.07, 6.45) is 2.30. The van der Waals surface area contributed by atoms with Gasteiger partial charge in [0.2, 0.25) is 5.90 Å². The molecule has 0 fully saturated rings. The number of aryl methyl sites for hydroxylation is 2. The van der Waals surface area contributed by atoms with E-state index in [1.165, 1.54) is 9.36 Å². The van der Waals surface area contributed by atoms with Gasteiger partial charge in [0.05, 0.1) is 11.4 Å². The summed E-state index contributed by atoms with van der Waals surface area (Å²) in [6, 6.07) is 7.44. The minimum absolute atomic E-state index is 0.231. The number of aromatic nitrogens is 6. The van der Waals surface area contributed by atoms with E-state index >= 15 is 0 Å². The highest BCUT2D eigenvalue weighted by atomic mass is 16.5. The molecule has 1 aromatic carbocycles. The van der Waals surface area contributed by atoms with E-state index in [4.69, 9.17) is 4.74 Å². The molecule has 2 aromatic heterocycles. The predicted octanol–water partition coefficient (Wildman–Crippen LogP) is 1.75. The van der Waals surface area contributed by atoms with Crippen LogP contribution in [0, 0.1) is 6.92 Å². The van der Waals surface area contributed by atoms with Crippen LogP contribution in [0.2, 0.25) is 0 Å². The van der Waals surface area contributed by atoms with Crippen LogP contribution >= 0.6 is 0 Å². The highest BCUT2D eigenvalue weighted by molar-refractivity contribution is 5.97. The molecule has 0 unspecified atom stereocenters. The molecule has 3 aromatic rings. The second kappa shape index (κ2) is 8.42. The lowest BCUT2D eigenvalue weighted by Crippen LogP contribution is -2.23. The Morgan fingerprint density at radius 3 is 2.71 bits per heavy atom. The Bertz CT molecular complexity index is 1060. The lowest BCUT2D eigenvalue weighted by Gasteiger charge is -2.13. The first kappa shape index (κ1) is 19.2. The maximum absolute atomic E-state index is 12.2. The van der Waals surface area contributed by atoms with Gasteiger partial charge in [0.25, 0.3) is 0 Å². The molecule has 3 rings (SSSR count). The van der Waals surface area contributed by atoms with Crippen molar-refractivity contribution in [2.75, 3.05) is 0 Å². The van der Waals surface area contributed by atoms with Crippen LogP contribution in [0.5, 0.6) is 0 Å². The zero-order valence-corrected chi connectivity index (χ0v) is 16.2. The van der Waals surface area contributed by atoms with Gasteiger partial charge in [-0.15, -0.1) is 5.10 Å². The van der Waals surface area contributed by atoms with E-state index in [0.29, 0.717) is 23.7 Å². The maximum Gasteiger partial charge on any atom is 0.368 e. The van der Waals surface area contributed by atoms with Gasteiger partial charge in [0.1, 0.15) is 12.3 Å². The van der Waals surface area contributed by atoms with Gasteiger partial charge in [-0.3, -0.25) is 5.10 Å². The van der Waals surface area contributed by atoms with E-state index in [9.17, 15) is 4.79 Å². The number of tetrazole rings is 1. The zero-order valence-electron chi connectivity index (χ0n) is 16.2. The molecule has 2 heterocycles. The van der Waals surface area contributed by atoms with E-state index < -0.39 is 0 Å². The van der Waals surface area contributed by atoms with Crippen LogP contribution in [0.3, 0.4) is 0 Å². The van der Waals surface area contributed by atoms with Gasteiger partial charge in [-0.1, -0.05) is 19.1 Å². The summed E-state index contributed by atoms with van der Waals surface area (Å²) in [6.45, 7) is 5.94. The lowest BCUT2D eigenvalue weighted by atomic mass is 10.1. The topological polar surface area (TPSA) is 115 Å². The molecule has 0 radical (unpaired) electrons. The molecule has 10 nitrogen and oxygen atoms in total. The van der Waals surface area contributed by atoms with Crippen LogP contribution < -0.4 is 5.69 Å². The smallest absolute Gasteiger partial charge is 0.368 e. The number of aromatic amines is 1. The largest absolute Gasteiger partial charge is 0.475 e. The number of hydrogen-bond acceptors (Lipinski definition) is 7. The van der Waals surface area contributed by atoms with Gasteiger partial charge in [0, 0.05) is 25.2 Å². The average molecular weight is 382 g/mol. The first-order chi connectivity index (χ1) is 13.5. The number of H-pyrrole nitrogens is 1. The van der Waals surface area contributed by atoms with Crippen molar-refractivity contribution >= 4 is 11.6 Å². The molecule has 28 heavy (non-hydrogen) atoms. The van der Waals surface area contributed by atoms with Crippen molar-refractivity contribution < 1.29 is 4.74 Å². The Hall–Kier alpha value is -3.56. The minimum Gasteiger partial charge on any atom is -0.475 e. The van der Waals surface area contributed by atoms with Crippen molar-refractivity contribution in [2.24, 2.45) is 17.3 Å². The third-order valence-electron chi connectivity index (χ3n) is 4.20. The van der Waals surface area contributed by atoms with Crippen molar-refractivity contribution in [1.29, 1.82) is 0 Å². The van der Waals surface area contributed by atoms with Crippen molar-refractivity contribution in [3.63, 3.8) is 0 Å². The van der Waals surface area contributed by atoms with Crippen molar-refractivity contribution in [3.8, 4) is 5.69 Å². The van der Waals surface area contributed by atoms with E-state index in [2.05, 4.69) is 30.8 Å². The minimum atomic E-state index is -0.324. The fraction of sp³-hybridized carbons (Fsp3) is 0.333. The summed E-state index contributed by atoms with van der Waals surface area (Å²) in [7, 11) is 1.55. The standard InChI is InChI=1S/C18H22N8O2/c1-5-17(22-20-13(3)15-9-10-19-21-15)28-11-14-12(2)7-6-8-16(14)26-18(27)25(4)23-24-26/h6-10H,5,11H2,1-4H3,(H,19,21)/b20-13?,22-17+. The van der Waals surface area contributed by atoms with Crippen LogP contribution in [-0.2, 0) is 18.4 Å². The van der Waals surface area contributed by atoms with Gasteiger partial charge >= 0.3 is 5.69 Å². The van der Waals surface area contributed by atoms with Crippen LogP contribution in [0.15, 0.2) is 45.5 Å². The first-order valence-electron chi connectivity index (χ1n) is 8.83. The molecule has 0 aliphatic rings. The van der Waals surface area contributed by atoms with Gasteiger partial charge in [-0.2, -0.15) is 19.6 Å². The van der Waals surface area contributed by atoms with E-state index in [1.54, 1.807) is 13.2 Å². The molecule has 1 N–H and O–H groups in total. The molecule has 0 spiro atoms. The van der Waals surface area contributed by atoms with Gasteiger partial charge in [0.15, 0.2) is 0 Å². The summed E-state index contributed by atoms with van der Waals surface area (Å²) in [5.41, 5.74) is 3.52. The Kier molecular flexibility index (Phi) is 5.78. The number of nitrogens with zero attached hydrogens (tertiary/aromatic N) is 7. The summed E-state index contributed by atoms with van der Waals surface area (Å²) in [5, 5.41) is 22.9. The third kappa shape index (κ3) is 4.05. The fourth-order valence-corrected chi connectivity index (χ4v) is 2.54. The Balaban J connectivity index is 1.83. The summed E-state index contributed by atoms with van der Waals surface area (Å²) >= 11 is 0. The predicted molar refractivity (Wildman–Crippen MR) is 105 cm³/mol. The van der Waals surface area contributed by atoms with E-state index in [-0.39, 0.29) is 12.3 Å². The Morgan fingerprint density at radius 2 is 2.07 bits per heavy atom. The first-order valence-corrected chi connectivity index (χ1v) is 8.83. The molecule has 0 bridgehead atoms. The molecule has 0 aliphatic carbocycles. The zero-order chi connectivity index (χ0) is 20.1. The van der Waals surface area contributed by atoms with E-state index in [0.717, 1.165) is 16.8 Å². The molecule has 146 valence electrons. The molecule has 10 heteroatoms. The average Bonchev–Trinajstić information content (AvgIpc) is 3.34. The normalized spacial score (nSPS) is 12.4. The molecule has 0 saturated heterocycles. The van der Waals surface area contributed by atoms with Gasteiger partial charge < -0.3 is 4.74 Å². The second-order valence-electron chi connectivity index (χ2n) is 6.15. The Morgan fingerprint density at radius 1 is 1.25 bits per heavy atom.